The minimum absolute atomic E-state index is 0. The van der Waals surface area contributed by atoms with Gasteiger partial charge in [0.25, 0.3) is 5.91 Å². The van der Waals surface area contributed by atoms with Crippen molar-refractivity contribution in [2.45, 2.75) is 6.10 Å². The van der Waals surface area contributed by atoms with Crippen molar-refractivity contribution in [3.8, 4) is 11.3 Å². The molecule has 2 heterocycles. The second-order valence-electron chi connectivity index (χ2n) is 5.74. The molecule has 3 N–H and O–H groups in total. The lowest BCUT2D eigenvalue weighted by Crippen LogP contribution is -2.34. The molecule has 1 saturated heterocycles. The van der Waals surface area contributed by atoms with Crippen molar-refractivity contribution in [3.05, 3.63) is 41.0 Å². The maximum absolute atomic E-state index is 12.5. The van der Waals surface area contributed by atoms with E-state index in [1.165, 1.54) is 0 Å². The highest BCUT2D eigenvalue weighted by atomic mass is 35.5. The number of benzene rings is 1. The zero-order valence-electron chi connectivity index (χ0n) is 13.2. The third-order valence-corrected chi connectivity index (χ3v) is 4.36. The van der Waals surface area contributed by atoms with Crippen LogP contribution in [0.3, 0.4) is 0 Å². The standard InChI is InChI=1S/C16H19ClN4O2.ClH/c1-21-9-12(15(20-21)11-4-2-3-5-13(11)17)16(23)19-7-10-6-18-8-14(10)22;/h2-5,9-10,14,18,22H,6-8H2,1H3,(H,19,23);1H. The largest absolute Gasteiger partial charge is 0.391 e. The minimum atomic E-state index is -0.424. The lowest BCUT2D eigenvalue weighted by molar-refractivity contribution is 0.0927. The number of nitrogens with one attached hydrogen (secondary N) is 2. The molecule has 0 saturated carbocycles. The SMILES string of the molecule is Cl.Cn1cc(C(=O)NCC2CNCC2O)c(-c2ccccc2Cl)n1. The van der Waals surface area contributed by atoms with Crippen LogP contribution in [-0.4, -0.2) is 46.5 Å². The summed E-state index contributed by atoms with van der Waals surface area (Å²) >= 11 is 6.22. The maximum Gasteiger partial charge on any atom is 0.255 e. The van der Waals surface area contributed by atoms with Gasteiger partial charge in [-0.2, -0.15) is 5.10 Å². The Balaban J connectivity index is 0.00000208. The Hall–Kier alpha value is -1.60. The monoisotopic (exact) mass is 370 g/mol. The van der Waals surface area contributed by atoms with Crippen molar-refractivity contribution < 1.29 is 9.90 Å². The number of hydrogen-bond donors (Lipinski definition) is 3. The summed E-state index contributed by atoms with van der Waals surface area (Å²) < 4.78 is 1.60. The summed E-state index contributed by atoms with van der Waals surface area (Å²) in [5.74, 6) is -0.188. The van der Waals surface area contributed by atoms with Crippen LogP contribution >= 0.6 is 24.0 Å². The van der Waals surface area contributed by atoms with Crippen LogP contribution in [0.1, 0.15) is 10.4 Å². The van der Waals surface area contributed by atoms with Crippen LogP contribution in [0, 0.1) is 5.92 Å². The van der Waals surface area contributed by atoms with E-state index in [4.69, 9.17) is 11.6 Å². The van der Waals surface area contributed by atoms with Crippen LogP contribution in [0.25, 0.3) is 11.3 Å². The molecule has 1 fully saturated rings. The first kappa shape index (κ1) is 18.7. The molecule has 6 nitrogen and oxygen atoms in total. The van der Waals surface area contributed by atoms with Gasteiger partial charge in [0.2, 0.25) is 0 Å². The number of β-amino-alcohol motifs (C(OH)–C–C–N with tert-alkyl or cyclic N) is 1. The molecule has 1 aromatic carbocycles. The number of aryl methyl sites for hydroxylation is 1. The molecule has 0 radical (unpaired) electrons. The van der Waals surface area contributed by atoms with Gasteiger partial charge in [-0.3, -0.25) is 9.48 Å². The van der Waals surface area contributed by atoms with Crippen molar-refractivity contribution in [2.24, 2.45) is 13.0 Å². The lowest BCUT2D eigenvalue weighted by Gasteiger charge is -2.14. The second kappa shape index (κ2) is 7.98. The molecular formula is C16H20Cl2N4O2. The van der Waals surface area contributed by atoms with Crippen LogP contribution in [0.5, 0.6) is 0 Å². The van der Waals surface area contributed by atoms with Gasteiger partial charge in [-0.15, -0.1) is 12.4 Å². The first-order chi connectivity index (χ1) is 11.1. The van der Waals surface area contributed by atoms with Gasteiger partial charge in [-0.05, 0) is 6.07 Å². The van der Waals surface area contributed by atoms with Crippen LogP contribution in [-0.2, 0) is 7.05 Å². The van der Waals surface area contributed by atoms with Crippen molar-refractivity contribution in [1.82, 2.24) is 20.4 Å². The fourth-order valence-corrected chi connectivity index (χ4v) is 2.98. The third-order valence-electron chi connectivity index (χ3n) is 4.03. The van der Waals surface area contributed by atoms with E-state index in [9.17, 15) is 9.90 Å². The van der Waals surface area contributed by atoms with Gasteiger partial charge in [0, 0.05) is 44.4 Å². The summed E-state index contributed by atoms with van der Waals surface area (Å²) in [6.45, 7) is 1.69. The van der Waals surface area contributed by atoms with E-state index >= 15 is 0 Å². The van der Waals surface area contributed by atoms with E-state index < -0.39 is 6.10 Å². The molecule has 3 rings (SSSR count). The highest BCUT2D eigenvalue weighted by Gasteiger charge is 2.26. The predicted octanol–water partition coefficient (Wildman–Crippen LogP) is 1.47. The molecule has 1 aromatic heterocycles. The summed E-state index contributed by atoms with van der Waals surface area (Å²) in [4.78, 5) is 12.5. The topological polar surface area (TPSA) is 79.2 Å². The van der Waals surface area contributed by atoms with E-state index in [1.807, 2.05) is 18.2 Å². The molecule has 0 spiro atoms. The van der Waals surface area contributed by atoms with Gasteiger partial charge in [0.05, 0.1) is 16.7 Å². The Bertz CT molecular complexity index is 720. The smallest absolute Gasteiger partial charge is 0.255 e. The molecule has 2 aromatic rings. The number of halogens is 2. The summed E-state index contributed by atoms with van der Waals surface area (Å²) in [6.07, 6.45) is 1.25. The molecule has 130 valence electrons. The summed E-state index contributed by atoms with van der Waals surface area (Å²) in [5.41, 5.74) is 1.75. The van der Waals surface area contributed by atoms with Crippen molar-refractivity contribution in [3.63, 3.8) is 0 Å². The van der Waals surface area contributed by atoms with Gasteiger partial charge in [0.15, 0.2) is 0 Å². The molecule has 0 bridgehead atoms. The zero-order valence-corrected chi connectivity index (χ0v) is 14.8. The lowest BCUT2D eigenvalue weighted by atomic mass is 10.1. The van der Waals surface area contributed by atoms with E-state index in [-0.39, 0.29) is 24.2 Å². The number of nitrogens with zero attached hydrogens (tertiary/aromatic N) is 2. The average Bonchev–Trinajstić information content (AvgIpc) is 3.11. The van der Waals surface area contributed by atoms with Crippen molar-refractivity contribution >= 4 is 29.9 Å². The van der Waals surface area contributed by atoms with Crippen molar-refractivity contribution in [1.29, 1.82) is 0 Å². The third kappa shape index (κ3) is 3.89. The number of carbonyl (C=O) groups excluding carboxylic acids is 1. The van der Waals surface area contributed by atoms with Crippen LogP contribution in [0.2, 0.25) is 5.02 Å². The Kier molecular flexibility index (Phi) is 6.23. The molecule has 0 aliphatic carbocycles. The molecule has 1 aliphatic heterocycles. The molecular weight excluding hydrogens is 351 g/mol. The predicted molar refractivity (Wildman–Crippen MR) is 95.6 cm³/mol. The fourth-order valence-electron chi connectivity index (χ4n) is 2.75. The molecule has 1 aliphatic rings. The van der Waals surface area contributed by atoms with E-state index in [2.05, 4.69) is 15.7 Å². The summed E-state index contributed by atoms with van der Waals surface area (Å²) in [5, 5.41) is 20.7. The Morgan fingerprint density at radius 2 is 2.21 bits per heavy atom. The highest BCUT2D eigenvalue weighted by Crippen LogP contribution is 2.28. The van der Waals surface area contributed by atoms with Gasteiger partial charge in [-0.1, -0.05) is 29.8 Å². The van der Waals surface area contributed by atoms with E-state index in [0.717, 1.165) is 5.56 Å². The van der Waals surface area contributed by atoms with Crippen molar-refractivity contribution in [2.75, 3.05) is 19.6 Å². The van der Waals surface area contributed by atoms with Gasteiger partial charge in [-0.25, -0.2) is 0 Å². The number of hydrogen-bond acceptors (Lipinski definition) is 4. The van der Waals surface area contributed by atoms with Crippen LogP contribution < -0.4 is 10.6 Å². The molecule has 2 atom stereocenters. The summed E-state index contributed by atoms with van der Waals surface area (Å²) in [6, 6.07) is 7.31. The molecule has 8 heteroatoms. The van der Waals surface area contributed by atoms with E-state index in [0.29, 0.717) is 35.9 Å². The van der Waals surface area contributed by atoms with Gasteiger partial charge in [0.1, 0.15) is 5.69 Å². The van der Waals surface area contributed by atoms with Gasteiger partial charge >= 0.3 is 0 Å². The number of amides is 1. The Morgan fingerprint density at radius 3 is 2.88 bits per heavy atom. The minimum Gasteiger partial charge on any atom is -0.391 e. The van der Waals surface area contributed by atoms with Crippen LogP contribution in [0.4, 0.5) is 0 Å². The fraction of sp³-hybridized carbons (Fsp3) is 0.375. The highest BCUT2D eigenvalue weighted by molar-refractivity contribution is 6.33. The Morgan fingerprint density at radius 1 is 1.46 bits per heavy atom. The normalized spacial score (nSPS) is 19.8. The molecule has 2 unspecified atom stereocenters. The number of rotatable bonds is 4. The Labute approximate surface area is 151 Å². The number of aliphatic hydroxyl groups excluding tert-OH is 1. The second-order valence-corrected chi connectivity index (χ2v) is 6.15. The zero-order chi connectivity index (χ0) is 16.4. The quantitative estimate of drug-likeness (QED) is 0.761. The summed E-state index contributed by atoms with van der Waals surface area (Å²) in [7, 11) is 1.77. The number of aliphatic hydroxyl groups is 1. The molecule has 1 amide bonds. The maximum atomic E-state index is 12.5. The van der Waals surface area contributed by atoms with Crippen LogP contribution in [0.15, 0.2) is 30.5 Å². The first-order valence-corrected chi connectivity index (χ1v) is 7.89. The number of carbonyl (C=O) groups is 1. The first-order valence-electron chi connectivity index (χ1n) is 7.52. The average molecular weight is 371 g/mol. The van der Waals surface area contributed by atoms with Gasteiger partial charge < -0.3 is 15.7 Å². The molecule has 24 heavy (non-hydrogen) atoms. The number of aromatic nitrogens is 2. The van der Waals surface area contributed by atoms with E-state index in [1.54, 1.807) is 24.0 Å².